The van der Waals surface area contributed by atoms with Gasteiger partial charge in [0.05, 0.1) is 13.7 Å². The number of hydrogen-bond donors (Lipinski definition) is 0. The average molecular weight is 403 g/mol. The lowest BCUT2D eigenvalue weighted by Gasteiger charge is -2.35. The molecule has 0 bridgehead atoms. The second kappa shape index (κ2) is 9.80. The summed E-state index contributed by atoms with van der Waals surface area (Å²) in [5.74, 6) is -0.432. The highest BCUT2D eigenvalue weighted by Crippen LogP contribution is 2.18. The van der Waals surface area contributed by atoms with E-state index < -0.39 is 5.82 Å². The van der Waals surface area contributed by atoms with E-state index in [1.807, 2.05) is 12.1 Å². The Morgan fingerprint density at radius 1 is 1.03 bits per heavy atom. The Kier molecular flexibility index (Phi) is 7.17. The van der Waals surface area contributed by atoms with Gasteiger partial charge in [-0.1, -0.05) is 24.3 Å². The smallest absolute Gasteiger partial charge is 0.236 e. The van der Waals surface area contributed by atoms with Crippen molar-refractivity contribution in [1.82, 2.24) is 14.7 Å². The van der Waals surface area contributed by atoms with Crippen LogP contribution in [0.4, 0.5) is 8.78 Å². The minimum atomic E-state index is -0.433. The lowest BCUT2D eigenvalue weighted by molar-refractivity contribution is -0.132. The molecule has 1 aliphatic rings. The number of rotatable bonds is 7. The number of benzene rings is 2. The molecule has 2 aromatic rings. The number of carbonyl (C=O) groups excluding carboxylic acids is 1. The Bertz CT molecular complexity index is 839. The van der Waals surface area contributed by atoms with E-state index in [9.17, 15) is 13.6 Å². The normalized spacial score (nSPS) is 15.3. The van der Waals surface area contributed by atoms with Crippen LogP contribution in [0.2, 0.25) is 0 Å². The summed E-state index contributed by atoms with van der Waals surface area (Å²) in [5.41, 5.74) is 1.41. The zero-order valence-electron chi connectivity index (χ0n) is 16.9. The van der Waals surface area contributed by atoms with E-state index in [0.29, 0.717) is 30.8 Å². The largest absolute Gasteiger partial charge is 0.494 e. The zero-order chi connectivity index (χ0) is 20.8. The summed E-state index contributed by atoms with van der Waals surface area (Å²) >= 11 is 0. The van der Waals surface area contributed by atoms with Crippen LogP contribution in [-0.4, -0.2) is 67.5 Å². The molecular weight excluding hydrogens is 376 g/mol. The number of piperazine rings is 1. The fourth-order valence-corrected chi connectivity index (χ4v) is 3.46. The molecule has 0 aromatic heterocycles. The van der Waals surface area contributed by atoms with Crippen molar-refractivity contribution in [2.45, 2.75) is 13.1 Å². The monoisotopic (exact) mass is 403 g/mol. The molecule has 0 saturated carbocycles. The molecule has 0 N–H and O–H groups in total. The van der Waals surface area contributed by atoms with Gasteiger partial charge in [-0.3, -0.25) is 14.6 Å². The third kappa shape index (κ3) is 5.74. The zero-order valence-corrected chi connectivity index (χ0v) is 16.9. The third-order valence-electron chi connectivity index (χ3n) is 5.24. The van der Waals surface area contributed by atoms with Crippen molar-refractivity contribution < 1.29 is 18.3 Å². The maximum Gasteiger partial charge on any atom is 0.236 e. The van der Waals surface area contributed by atoms with Gasteiger partial charge >= 0.3 is 0 Å². The molecule has 5 nitrogen and oxygen atoms in total. The van der Waals surface area contributed by atoms with Crippen molar-refractivity contribution in [3.05, 3.63) is 65.2 Å². The molecule has 1 saturated heterocycles. The van der Waals surface area contributed by atoms with Crippen LogP contribution in [0.3, 0.4) is 0 Å². The SMILES string of the molecule is COc1ccc(CN(C)C(=O)CN2CCN(Cc3ccccc3F)CC2)cc1F. The summed E-state index contributed by atoms with van der Waals surface area (Å²) in [6, 6.07) is 11.5. The molecule has 0 spiro atoms. The van der Waals surface area contributed by atoms with Gasteiger partial charge < -0.3 is 9.64 Å². The highest BCUT2D eigenvalue weighted by Gasteiger charge is 2.21. The van der Waals surface area contributed by atoms with E-state index in [0.717, 1.165) is 26.2 Å². The Labute approximate surface area is 170 Å². The molecule has 0 atom stereocenters. The molecule has 2 aromatic carbocycles. The van der Waals surface area contributed by atoms with Crippen LogP contribution < -0.4 is 4.74 Å². The Morgan fingerprint density at radius 2 is 1.72 bits per heavy atom. The molecule has 1 heterocycles. The fourth-order valence-electron chi connectivity index (χ4n) is 3.46. The second-order valence-corrected chi connectivity index (χ2v) is 7.36. The van der Waals surface area contributed by atoms with Gasteiger partial charge in [0.15, 0.2) is 11.6 Å². The molecule has 156 valence electrons. The first-order valence-electron chi connectivity index (χ1n) is 9.70. The van der Waals surface area contributed by atoms with Crippen LogP contribution in [0, 0.1) is 11.6 Å². The quantitative estimate of drug-likeness (QED) is 0.712. The number of nitrogens with zero attached hydrogens (tertiary/aromatic N) is 3. The van der Waals surface area contributed by atoms with Gasteiger partial charge in [0, 0.05) is 51.9 Å². The van der Waals surface area contributed by atoms with Crippen molar-refractivity contribution >= 4 is 5.91 Å². The molecule has 1 amide bonds. The summed E-state index contributed by atoms with van der Waals surface area (Å²) in [7, 11) is 3.14. The molecule has 1 aliphatic heterocycles. The number of ether oxygens (including phenoxy) is 1. The van der Waals surface area contributed by atoms with E-state index in [1.54, 1.807) is 30.1 Å². The lowest BCUT2D eigenvalue weighted by atomic mass is 10.2. The molecule has 0 radical (unpaired) electrons. The Balaban J connectivity index is 1.45. The van der Waals surface area contributed by atoms with Crippen molar-refractivity contribution in [2.75, 3.05) is 46.9 Å². The fraction of sp³-hybridized carbons (Fsp3) is 0.409. The first-order valence-corrected chi connectivity index (χ1v) is 9.70. The van der Waals surface area contributed by atoms with Crippen LogP contribution in [0.15, 0.2) is 42.5 Å². The number of methoxy groups -OCH3 is 1. The molecule has 3 rings (SSSR count). The highest BCUT2D eigenvalue weighted by molar-refractivity contribution is 5.78. The van der Waals surface area contributed by atoms with Crippen molar-refractivity contribution in [2.24, 2.45) is 0 Å². The van der Waals surface area contributed by atoms with Crippen molar-refractivity contribution in [3.63, 3.8) is 0 Å². The molecule has 0 aliphatic carbocycles. The van der Waals surface area contributed by atoms with Gasteiger partial charge in [0.25, 0.3) is 0 Å². The third-order valence-corrected chi connectivity index (χ3v) is 5.24. The van der Waals surface area contributed by atoms with Gasteiger partial charge in [-0.15, -0.1) is 0 Å². The van der Waals surface area contributed by atoms with Crippen LogP contribution in [0.5, 0.6) is 5.75 Å². The summed E-state index contributed by atoms with van der Waals surface area (Å²) < 4.78 is 32.6. The summed E-state index contributed by atoms with van der Waals surface area (Å²) in [6.07, 6.45) is 0. The number of halogens is 2. The maximum atomic E-state index is 13.8. The first kappa shape index (κ1) is 21.2. The lowest BCUT2D eigenvalue weighted by Crippen LogP contribution is -2.49. The number of likely N-dealkylation sites (N-methyl/N-ethyl adjacent to an activating group) is 1. The molecular formula is C22H27F2N3O2. The highest BCUT2D eigenvalue weighted by atomic mass is 19.1. The molecule has 29 heavy (non-hydrogen) atoms. The predicted octanol–water partition coefficient (Wildman–Crippen LogP) is 2.75. The van der Waals surface area contributed by atoms with Gasteiger partial charge in [-0.05, 0) is 23.8 Å². The van der Waals surface area contributed by atoms with Gasteiger partial charge in [-0.25, -0.2) is 8.78 Å². The van der Waals surface area contributed by atoms with E-state index in [4.69, 9.17) is 4.74 Å². The standard InChI is InChI=1S/C22H27F2N3O2/c1-25(14-17-7-8-21(29-2)20(24)13-17)22(28)16-27-11-9-26(10-12-27)15-18-5-3-4-6-19(18)23/h3-8,13H,9-12,14-16H2,1-2H3. The second-order valence-electron chi connectivity index (χ2n) is 7.36. The van der Waals surface area contributed by atoms with Crippen LogP contribution >= 0.6 is 0 Å². The Morgan fingerprint density at radius 3 is 2.38 bits per heavy atom. The molecule has 1 fully saturated rings. The summed E-state index contributed by atoms with van der Waals surface area (Å²) in [4.78, 5) is 18.4. The van der Waals surface area contributed by atoms with Gasteiger partial charge in [0.2, 0.25) is 5.91 Å². The number of amides is 1. The number of hydrogen-bond acceptors (Lipinski definition) is 4. The van der Waals surface area contributed by atoms with E-state index >= 15 is 0 Å². The molecule has 7 heteroatoms. The van der Waals surface area contributed by atoms with E-state index in [1.165, 1.54) is 19.2 Å². The predicted molar refractivity (Wildman–Crippen MR) is 108 cm³/mol. The first-order chi connectivity index (χ1) is 14.0. The van der Waals surface area contributed by atoms with E-state index in [-0.39, 0.29) is 17.5 Å². The minimum Gasteiger partial charge on any atom is -0.494 e. The Hall–Kier alpha value is -2.51. The minimum absolute atomic E-state index is 0.0104. The van der Waals surface area contributed by atoms with Crippen molar-refractivity contribution in [1.29, 1.82) is 0 Å². The van der Waals surface area contributed by atoms with Crippen LogP contribution in [-0.2, 0) is 17.9 Å². The number of carbonyl (C=O) groups is 1. The van der Waals surface area contributed by atoms with Crippen LogP contribution in [0.1, 0.15) is 11.1 Å². The van der Waals surface area contributed by atoms with Crippen molar-refractivity contribution in [3.8, 4) is 5.75 Å². The van der Waals surface area contributed by atoms with E-state index in [2.05, 4.69) is 9.80 Å². The summed E-state index contributed by atoms with van der Waals surface area (Å²) in [6.45, 7) is 4.33. The van der Waals surface area contributed by atoms with Gasteiger partial charge in [-0.2, -0.15) is 0 Å². The average Bonchev–Trinajstić information content (AvgIpc) is 2.71. The maximum absolute atomic E-state index is 13.8. The molecule has 0 unspecified atom stereocenters. The summed E-state index contributed by atoms with van der Waals surface area (Å²) in [5, 5.41) is 0. The van der Waals surface area contributed by atoms with Crippen LogP contribution in [0.25, 0.3) is 0 Å². The van der Waals surface area contributed by atoms with Gasteiger partial charge in [0.1, 0.15) is 5.82 Å². The topological polar surface area (TPSA) is 36.0 Å².